The van der Waals surface area contributed by atoms with Crippen molar-refractivity contribution in [2.24, 2.45) is 5.73 Å². The molecule has 0 atom stereocenters. The second kappa shape index (κ2) is 6.09. The standard InChI is InChI=1S/C13H17BrN2O2S2/c14-10-6-2-3-7-11(10)20(17,18)16-13(12(15)19)8-4-1-5-9-13/h2-3,6-7,16H,1,4-5,8-9H2,(H2,15,19). The molecule has 1 fully saturated rings. The van der Waals surface area contributed by atoms with Crippen LogP contribution in [0.2, 0.25) is 0 Å². The van der Waals surface area contributed by atoms with Gasteiger partial charge in [-0.1, -0.05) is 43.6 Å². The van der Waals surface area contributed by atoms with E-state index in [0.29, 0.717) is 17.3 Å². The average molecular weight is 377 g/mol. The Balaban J connectivity index is 2.35. The third-order valence-corrected chi connectivity index (χ3v) is 6.57. The van der Waals surface area contributed by atoms with Crippen molar-refractivity contribution in [1.29, 1.82) is 0 Å². The molecular weight excluding hydrogens is 360 g/mol. The maximum atomic E-state index is 12.6. The Morgan fingerprint density at radius 2 is 1.85 bits per heavy atom. The average Bonchev–Trinajstić information content (AvgIpc) is 2.39. The van der Waals surface area contributed by atoms with E-state index in [1.807, 2.05) is 0 Å². The van der Waals surface area contributed by atoms with Gasteiger partial charge < -0.3 is 5.73 Å². The molecule has 0 aliphatic heterocycles. The maximum Gasteiger partial charge on any atom is 0.242 e. The molecule has 0 amide bonds. The van der Waals surface area contributed by atoms with E-state index in [1.54, 1.807) is 24.3 Å². The van der Waals surface area contributed by atoms with Gasteiger partial charge in [-0.25, -0.2) is 8.42 Å². The van der Waals surface area contributed by atoms with E-state index in [9.17, 15) is 8.42 Å². The molecule has 1 aromatic rings. The van der Waals surface area contributed by atoms with Gasteiger partial charge in [-0.05, 0) is 40.9 Å². The molecule has 4 nitrogen and oxygen atoms in total. The van der Waals surface area contributed by atoms with Crippen LogP contribution in [-0.4, -0.2) is 18.9 Å². The summed E-state index contributed by atoms with van der Waals surface area (Å²) in [6.45, 7) is 0. The van der Waals surface area contributed by atoms with Gasteiger partial charge in [-0.15, -0.1) is 0 Å². The third-order valence-electron chi connectivity index (χ3n) is 3.63. The van der Waals surface area contributed by atoms with Gasteiger partial charge in [0.05, 0.1) is 15.4 Å². The third kappa shape index (κ3) is 3.21. The maximum absolute atomic E-state index is 12.6. The van der Waals surface area contributed by atoms with Crippen molar-refractivity contribution in [2.45, 2.75) is 42.5 Å². The van der Waals surface area contributed by atoms with Gasteiger partial charge in [0.1, 0.15) is 0 Å². The second-order valence-electron chi connectivity index (χ2n) is 5.04. The van der Waals surface area contributed by atoms with Crippen molar-refractivity contribution < 1.29 is 8.42 Å². The molecule has 0 radical (unpaired) electrons. The number of thiocarbonyl (C=S) groups is 1. The summed E-state index contributed by atoms with van der Waals surface area (Å²) in [6.07, 6.45) is 4.25. The molecule has 0 unspecified atom stereocenters. The van der Waals surface area contributed by atoms with E-state index in [2.05, 4.69) is 20.7 Å². The fraction of sp³-hybridized carbons (Fsp3) is 0.462. The second-order valence-corrected chi connectivity index (χ2v) is 7.99. The molecule has 3 N–H and O–H groups in total. The van der Waals surface area contributed by atoms with E-state index in [4.69, 9.17) is 18.0 Å². The van der Waals surface area contributed by atoms with Crippen molar-refractivity contribution in [1.82, 2.24) is 4.72 Å². The van der Waals surface area contributed by atoms with E-state index < -0.39 is 15.6 Å². The summed E-state index contributed by atoms with van der Waals surface area (Å²) in [7, 11) is -3.66. The fourth-order valence-corrected chi connectivity index (χ4v) is 5.29. The first-order chi connectivity index (χ1) is 9.37. The van der Waals surface area contributed by atoms with E-state index in [0.717, 1.165) is 19.3 Å². The van der Waals surface area contributed by atoms with Crippen molar-refractivity contribution in [3.63, 3.8) is 0 Å². The lowest BCUT2D eigenvalue weighted by atomic mass is 9.82. The van der Waals surface area contributed by atoms with Gasteiger partial charge >= 0.3 is 0 Å². The quantitative estimate of drug-likeness (QED) is 0.792. The predicted octanol–water partition coefficient (Wildman–Crippen LogP) is 2.72. The van der Waals surface area contributed by atoms with Crippen LogP contribution in [0.3, 0.4) is 0 Å². The molecule has 1 aliphatic rings. The molecule has 1 aliphatic carbocycles. The van der Waals surface area contributed by atoms with Gasteiger partial charge in [0.2, 0.25) is 10.0 Å². The monoisotopic (exact) mass is 376 g/mol. The largest absolute Gasteiger partial charge is 0.392 e. The summed E-state index contributed by atoms with van der Waals surface area (Å²) in [4.78, 5) is 0.439. The van der Waals surface area contributed by atoms with Crippen molar-refractivity contribution in [2.75, 3.05) is 0 Å². The lowest BCUT2D eigenvalue weighted by molar-refractivity contribution is 0.353. The molecule has 1 saturated carbocycles. The number of nitrogens with one attached hydrogen (secondary N) is 1. The number of rotatable bonds is 4. The van der Waals surface area contributed by atoms with Crippen LogP contribution in [0.1, 0.15) is 32.1 Å². The van der Waals surface area contributed by atoms with Gasteiger partial charge in [-0.2, -0.15) is 4.72 Å². The Morgan fingerprint density at radius 1 is 1.25 bits per heavy atom. The lowest BCUT2D eigenvalue weighted by Gasteiger charge is -2.36. The molecule has 2 rings (SSSR count). The zero-order chi connectivity index (χ0) is 14.8. The molecule has 1 aromatic carbocycles. The van der Waals surface area contributed by atoms with Gasteiger partial charge in [0.25, 0.3) is 0 Å². The Bertz CT molecular complexity index is 611. The first-order valence-corrected chi connectivity index (χ1v) is 9.14. The van der Waals surface area contributed by atoms with Crippen LogP contribution in [0.25, 0.3) is 0 Å². The number of sulfonamides is 1. The molecule has 0 heterocycles. The van der Waals surface area contributed by atoms with Crippen LogP contribution in [0.15, 0.2) is 33.6 Å². The van der Waals surface area contributed by atoms with E-state index in [1.165, 1.54) is 0 Å². The number of nitrogens with two attached hydrogens (primary N) is 1. The van der Waals surface area contributed by atoms with Gasteiger partial charge in [-0.3, -0.25) is 0 Å². The first kappa shape index (κ1) is 15.9. The Kier molecular flexibility index (Phi) is 4.84. The van der Waals surface area contributed by atoms with Crippen LogP contribution in [0.5, 0.6) is 0 Å². The van der Waals surface area contributed by atoms with Crippen LogP contribution >= 0.6 is 28.1 Å². The summed E-state index contributed by atoms with van der Waals surface area (Å²) in [5.41, 5.74) is 5.03. The summed E-state index contributed by atoms with van der Waals surface area (Å²) >= 11 is 8.39. The molecule has 110 valence electrons. The van der Waals surface area contributed by atoms with Gasteiger partial charge in [0.15, 0.2) is 0 Å². The zero-order valence-corrected chi connectivity index (χ0v) is 14.2. The lowest BCUT2D eigenvalue weighted by Crippen LogP contribution is -2.57. The molecular formula is C13H17BrN2O2S2. The van der Waals surface area contributed by atoms with Crippen LogP contribution in [0.4, 0.5) is 0 Å². The SMILES string of the molecule is NC(=S)C1(NS(=O)(=O)c2ccccc2Br)CCCCC1. The summed E-state index contributed by atoms with van der Waals surface area (Å²) in [5.74, 6) is 0. The first-order valence-electron chi connectivity index (χ1n) is 6.46. The topological polar surface area (TPSA) is 72.2 Å². The summed E-state index contributed by atoms with van der Waals surface area (Å²) in [5, 5.41) is 0. The normalized spacial score (nSPS) is 18.6. The van der Waals surface area contributed by atoms with E-state index >= 15 is 0 Å². The summed E-state index contributed by atoms with van der Waals surface area (Å²) < 4.78 is 28.4. The Labute approximate surface area is 133 Å². The Hall–Kier alpha value is -0.500. The molecule has 0 saturated heterocycles. The predicted molar refractivity (Wildman–Crippen MR) is 87.1 cm³/mol. The highest BCUT2D eigenvalue weighted by Gasteiger charge is 2.39. The highest BCUT2D eigenvalue weighted by molar-refractivity contribution is 9.10. The van der Waals surface area contributed by atoms with Crippen LogP contribution in [0, 0.1) is 0 Å². The Morgan fingerprint density at radius 3 is 2.40 bits per heavy atom. The molecule has 20 heavy (non-hydrogen) atoms. The number of hydrogen-bond acceptors (Lipinski definition) is 3. The number of benzene rings is 1. The number of halogens is 1. The molecule has 0 bridgehead atoms. The summed E-state index contributed by atoms with van der Waals surface area (Å²) in [6, 6.07) is 6.71. The minimum Gasteiger partial charge on any atom is -0.392 e. The molecule has 0 spiro atoms. The highest BCUT2D eigenvalue weighted by atomic mass is 79.9. The van der Waals surface area contributed by atoms with Crippen LogP contribution in [-0.2, 0) is 10.0 Å². The highest BCUT2D eigenvalue weighted by Crippen LogP contribution is 2.31. The minimum absolute atomic E-state index is 0.209. The smallest absolute Gasteiger partial charge is 0.242 e. The van der Waals surface area contributed by atoms with Crippen molar-refractivity contribution >= 4 is 43.2 Å². The molecule has 7 heteroatoms. The fourth-order valence-electron chi connectivity index (χ4n) is 2.53. The van der Waals surface area contributed by atoms with Crippen molar-refractivity contribution in [3.8, 4) is 0 Å². The number of hydrogen-bond donors (Lipinski definition) is 2. The van der Waals surface area contributed by atoms with Gasteiger partial charge in [0, 0.05) is 4.47 Å². The van der Waals surface area contributed by atoms with Crippen molar-refractivity contribution in [3.05, 3.63) is 28.7 Å². The van der Waals surface area contributed by atoms with Crippen LogP contribution < -0.4 is 10.5 Å². The zero-order valence-electron chi connectivity index (χ0n) is 10.9. The molecule has 0 aromatic heterocycles. The minimum atomic E-state index is -3.66. The van der Waals surface area contributed by atoms with E-state index in [-0.39, 0.29) is 9.88 Å².